The summed E-state index contributed by atoms with van der Waals surface area (Å²) in [6.45, 7) is 3.33. The molecule has 0 amide bonds. The molecule has 0 saturated heterocycles. The largest absolute Gasteiger partial charge is 0.487 e. The zero-order chi connectivity index (χ0) is 10.7. The number of benzene rings is 1. The fourth-order valence-corrected chi connectivity index (χ4v) is 0.995. The molecule has 0 aliphatic rings. The van der Waals surface area contributed by atoms with E-state index < -0.39 is 11.6 Å². The van der Waals surface area contributed by atoms with E-state index in [1.165, 1.54) is 6.07 Å². The molecule has 2 nitrogen and oxygen atoms in total. The second-order valence-electron chi connectivity index (χ2n) is 3.06. The first-order valence-corrected chi connectivity index (χ1v) is 4.16. The molecule has 0 fully saturated rings. The maximum absolute atomic E-state index is 13.2. The summed E-state index contributed by atoms with van der Waals surface area (Å²) in [5, 5.41) is 0. The van der Waals surface area contributed by atoms with Crippen LogP contribution in [0.2, 0.25) is 0 Å². The molecule has 1 rings (SSSR count). The number of aldehydes is 1. The summed E-state index contributed by atoms with van der Waals surface area (Å²) >= 11 is 0. The number of carbonyl (C=O) groups excluding carboxylic acids is 1. The smallest absolute Gasteiger partial charge is 0.201 e. The van der Waals surface area contributed by atoms with Gasteiger partial charge < -0.3 is 4.74 Å². The van der Waals surface area contributed by atoms with Gasteiger partial charge in [-0.3, -0.25) is 4.79 Å². The Morgan fingerprint density at radius 1 is 1.36 bits per heavy atom. The monoisotopic (exact) mass is 200 g/mol. The topological polar surface area (TPSA) is 26.3 Å². The molecule has 0 radical (unpaired) electrons. The van der Waals surface area contributed by atoms with Gasteiger partial charge in [0.15, 0.2) is 17.9 Å². The first-order valence-electron chi connectivity index (χ1n) is 4.16. The van der Waals surface area contributed by atoms with Crippen LogP contribution < -0.4 is 4.74 Å². The van der Waals surface area contributed by atoms with Gasteiger partial charge in [-0.25, -0.2) is 4.39 Å². The Morgan fingerprint density at radius 2 is 2.00 bits per heavy atom. The van der Waals surface area contributed by atoms with Crippen LogP contribution >= 0.6 is 0 Å². The summed E-state index contributed by atoms with van der Waals surface area (Å²) in [6.07, 6.45) is 0.116. The van der Waals surface area contributed by atoms with E-state index >= 15 is 0 Å². The van der Waals surface area contributed by atoms with Crippen LogP contribution in [0.15, 0.2) is 12.1 Å². The Labute approximate surface area is 80.5 Å². The van der Waals surface area contributed by atoms with E-state index in [0.29, 0.717) is 6.29 Å². The molecular formula is C10H10F2O2. The van der Waals surface area contributed by atoms with Crippen molar-refractivity contribution in [3.8, 4) is 5.75 Å². The number of rotatable bonds is 3. The molecule has 0 heterocycles. The molecule has 0 atom stereocenters. The van der Waals surface area contributed by atoms with Crippen LogP contribution in [0.25, 0.3) is 0 Å². The van der Waals surface area contributed by atoms with E-state index in [1.807, 2.05) is 0 Å². The normalized spacial score (nSPS) is 10.4. The minimum absolute atomic E-state index is 0.0117. The molecule has 0 aromatic heterocycles. The van der Waals surface area contributed by atoms with E-state index in [4.69, 9.17) is 4.74 Å². The Morgan fingerprint density at radius 3 is 2.50 bits per heavy atom. The Balaban J connectivity index is 3.20. The summed E-state index contributed by atoms with van der Waals surface area (Å²) < 4.78 is 30.9. The van der Waals surface area contributed by atoms with Gasteiger partial charge in [-0.1, -0.05) is 0 Å². The molecule has 14 heavy (non-hydrogen) atoms. The molecule has 0 aliphatic carbocycles. The van der Waals surface area contributed by atoms with E-state index in [9.17, 15) is 13.6 Å². The quantitative estimate of drug-likeness (QED) is 0.701. The lowest BCUT2D eigenvalue weighted by molar-refractivity contribution is 0.111. The third kappa shape index (κ3) is 2.07. The summed E-state index contributed by atoms with van der Waals surface area (Å²) in [5.74, 6) is -2.47. The standard InChI is InChI=1S/C10H10F2O2/c1-6(2)14-10-7(5-13)3-4-8(11)9(10)12/h3-6H,1-2H3. The number of carbonyl (C=O) groups is 1. The van der Waals surface area contributed by atoms with Crippen LogP contribution in [-0.4, -0.2) is 12.4 Å². The van der Waals surface area contributed by atoms with Crippen LogP contribution in [0, 0.1) is 11.6 Å². The van der Waals surface area contributed by atoms with Crippen LogP contribution in [0.5, 0.6) is 5.75 Å². The van der Waals surface area contributed by atoms with Crippen molar-refractivity contribution in [3.63, 3.8) is 0 Å². The second-order valence-corrected chi connectivity index (χ2v) is 3.06. The van der Waals surface area contributed by atoms with Crippen LogP contribution in [-0.2, 0) is 0 Å². The third-order valence-electron chi connectivity index (χ3n) is 1.56. The van der Waals surface area contributed by atoms with E-state index in [-0.39, 0.29) is 17.4 Å². The summed E-state index contributed by atoms with van der Waals surface area (Å²) in [4.78, 5) is 10.5. The minimum atomic E-state index is -1.12. The maximum atomic E-state index is 13.2. The van der Waals surface area contributed by atoms with Crippen molar-refractivity contribution in [2.24, 2.45) is 0 Å². The maximum Gasteiger partial charge on any atom is 0.201 e. The molecule has 1 aromatic rings. The Kier molecular flexibility index (Phi) is 3.17. The molecule has 0 saturated carbocycles. The first kappa shape index (κ1) is 10.6. The molecule has 0 aliphatic heterocycles. The van der Waals surface area contributed by atoms with Gasteiger partial charge in [-0.05, 0) is 26.0 Å². The van der Waals surface area contributed by atoms with Crippen LogP contribution in [0.4, 0.5) is 8.78 Å². The molecule has 0 spiro atoms. The molecule has 0 N–H and O–H groups in total. The van der Waals surface area contributed by atoms with Crippen molar-refractivity contribution in [3.05, 3.63) is 29.3 Å². The summed E-state index contributed by atoms with van der Waals surface area (Å²) in [5.41, 5.74) is 0.0117. The van der Waals surface area contributed by atoms with Gasteiger partial charge in [0.2, 0.25) is 5.82 Å². The predicted molar refractivity (Wildman–Crippen MR) is 47.5 cm³/mol. The predicted octanol–water partition coefficient (Wildman–Crippen LogP) is 2.56. The zero-order valence-electron chi connectivity index (χ0n) is 7.88. The molecule has 1 aromatic carbocycles. The highest BCUT2D eigenvalue weighted by Crippen LogP contribution is 2.24. The molecule has 0 bridgehead atoms. The molecule has 0 unspecified atom stereocenters. The highest BCUT2D eigenvalue weighted by atomic mass is 19.2. The van der Waals surface area contributed by atoms with Gasteiger partial charge in [0.25, 0.3) is 0 Å². The molecular weight excluding hydrogens is 190 g/mol. The van der Waals surface area contributed by atoms with Crippen molar-refractivity contribution < 1.29 is 18.3 Å². The summed E-state index contributed by atoms with van der Waals surface area (Å²) in [7, 11) is 0. The van der Waals surface area contributed by atoms with Gasteiger partial charge in [-0.15, -0.1) is 0 Å². The van der Waals surface area contributed by atoms with E-state index in [0.717, 1.165) is 6.07 Å². The SMILES string of the molecule is CC(C)Oc1c(C=O)ccc(F)c1F. The van der Waals surface area contributed by atoms with E-state index in [2.05, 4.69) is 0 Å². The lowest BCUT2D eigenvalue weighted by Gasteiger charge is -2.12. The molecule has 76 valence electrons. The van der Waals surface area contributed by atoms with Crippen molar-refractivity contribution >= 4 is 6.29 Å². The van der Waals surface area contributed by atoms with Gasteiger partial charge >= 0.3 is 0 Å². The van der Waals surface area contributed by atoms with Crippen molar-refractivity contribution in [1.29, 1.82) is 0 Å². The van der Waals surface area contributed by atoms with Crippen LogP contribution in [0.1, 0.15) is 24.2 Å². The van der Waals surface area contributed by atoms with Gasteiger partial charge in [0.1, 0.15) is 0 Å². The fraction of sp³-hybridized carbons (Fsp3) is 0.300. The number of hydrogen-bond donors (Lipinski definition) is 0. The van der Waals surface area contributed by atoms with Crippen molar-refractivity contribution in [2.75, 3.05) is 0 Å². The van der Waals surface area contributed by atoms with Crippen molar-refractivity contribution in [2.45, 2.75) is 20.0 Å². The summed E-state index contributed by atoms with van der Waals surface area (Å²) in [6, 6.07) is 2.08. The Bertz CT molecular complexity index is 348. The van der Waals surface area contributed by atoms with E-state index in [1.54, 1.807) is 13.8 Å². The first-order chi connectivity index (χ1) is 6.56. The zero-order valence-corrected chi connectivity index (χ0v) is 7.88. The number of halogens is 2. The van der Waals surface area contributed by atoms with Gasteiger partial charge in [0, 0.05) is 0 Å². The highest BCUT2D eigenvalue weighted by molar-refractivity contribution is 5.79. The lowest BCUT2D eigenvalue weighted by Crippen LogP contribution is -2.09. The number of hydrogen-bond acceptors (Lipinski definition) is 2. The fourth-order valence-electron chi connectivity index (χ4n) is 0.995. The third-order valence-corrected chi connectivity index (χ3v) is 1.56. The van der Waals surface area contributed by atoms with Gasteiger partial charge in [0.05, 0.1) is 11.7 Å². The second kappa shape index (κ2) is 4.17. The number of ether oxygens (including phenoxy) is 1. The highest BCUT2D eigenvalue weighted by Gasteiger charge is 2.15. The van der Waals surface area contributed by atoms with Gasteiger partial charge in [-0.2, -0.15) is 4.39 Å². The molecule has 4 heteroatoms. The lowest BCUT2D eigenvalue weighted by atomic mass is 10.2. The average Bonchev–Trinajstić information content (AvgIpc) is 2.13. The van der Waals surface area contributed by atoms with Crippen LogP contribution in [0.3, 0.4) is 0 Å². The minimum Gasteiger partial charge on any atom is -0.487 e. The average molecular weight is 200 g/mol. The van der Waals surface area contributed by atoms with Crippen molar-refractivity contribution in [1.82, 2.24) is 0 Å². The Hall–Kier alpha value is -1.45.